The molecule has 5 nitrogen and oxygen atoms in total. The smallest absolute Gasteiger partial charge is 0.333 e. The van der Waals surface area contributed by atoms with E-state index in [0.717, 1.165) is 31.2 Å². The molecule has 1 fully saturated rings. The van der Waals surface area contributed by atoms with E-state index in [1.165, 1.54) is 4.31 Å². The van der Waals surface area contributed by atoms with Gasteiger partial charge in [-0.05, 0) is 49.1 Å². The maximum atomic E-state index is 13.9. The zero-order chi connectivity index (χ0) is 23.0. The first-order valence-electron chi connectivity index (χ1n) is 10.7. The largest absolute Gasteiger partial charge is 0.478 e. The maximum Gasteiger partial charge on any atom is 0.333 e. The van der Waals surface area contributed by atoms with Gasteiger partial charge in [0.2, 0.25) is 10.0 Å². The average molecular weight is 494 g/mol. The van der Waals surface area contributed by atoms with Crippen LogP contribution in [0.25, 0.3) is 0 Å². The van der Waals surface area contributed by atoms with Crippen molar-refractivity contribution in [3.05, 3.63) is 75.3 Å². The molecule has 0 amide bonds. The van der Waals surface area contributed by atoms with E-state index >= 15 is 0 Å². The third-order valence-corrected chi connectivity index (χ3v) is 9.04. The van der Waals surface area contributed by atoms with Crippen LogP contribution in [-0.4, -0.2) is 29.8 Å². The van der Waals surface area contributed by atoms with Gasteiger partial charge in [0, 0.05) is 6.04 Å². The van der Waals surface area contributed by atoms with E-state index in [-0.39, 0.29) is 15.5 Å². The Hall–Kier alpha value is -1.86. The predicted molar refractivity (Wildman–Crippen MR) is 125 cm³/mol. The first kappa shape index (κ1) is 23.3. The van der Waals surface area contributed by atoms with Gasteiger partial charge in [-0.1, -0.05) is 78.7 Å². The molecule has 2 aromatic carbocycles. The number of nitrogens with zero attached hydrogens (tertiary/aromatic N) is 1. The Kier molecular flexibility index (Phi) is 6.68. The average Bonchev–Trinajstić information content (AvgIpc) is 3.39. The third-order valence-electron chi connectivity index (χ3n) is 6.40. The summed E-state index contributed by atoms with van der Waals surface area (Å²) in [6.07, 6.45) is 6.51. The fraction of sp³-hybridized carbons (Fsp3) is 0.375. The second-order valence-corrected chi connectivity index (χ2v) is 11.3. The molecule has 1 aliphatic carbocycles. The molecule has 170 valence electrons. The van der Waals surface area contributed by atoms with Crippen LogP contribution in [0.15, 0.2) is 59.0 Å². The van der Waals surface area contributed by atoms with Gasteiger partial charge in [-0.2, -0.15) is 4.31 Å². The fourth-order valence-corrected chi connectivity index (χ4v) is 6.85. The molecule has 1 saturated carbocycles. The fourth-order valence-electron chi connectivity index (χ4n) is 4.81. The molecule has 4 rings (SSSR count). The molecule has 0 aromatic heterocycles. The van der Waals surface area contributed by atoms with E-state index in [1.54, 1.807) is 48.5 Å². The van der Waals surface area contributed by atoms with Crippen molar-refractivity contribution in [1.82, 2.24) is 4.31 Å². The molecule has 0 saturated heterocycles. The highest BCUT2D eigenvalue weighted by Gasteiger charge is 2.46. The Morgan fingerprint density at radius 1 is 1.06 bits per heavy atom. The number of benzene rings is 2. The van der Waals surface area contributed by atoms with E-state index in [9.17, 15) is 18.3 Å². The number of aliphatic carboxylic acids is 1. The van der Waals surface area contributed by atoms with Crippen LogP contribution >= 0.6 is 23.2 Å². The minimum Gasteiger partial charge on any atom is -0.478 e. The lowest BCUT2D eigenvalue weighted by Gasteiger charge is -2.32. The molecule has 0 unspecified atom stereocenters. The van der Waals surface area contributed by atoms with Crippen LogP contribution in [0.3, 0.4) is 0 Å². The highest BCUT2D eigenvalue weighted by Crippen LogP contribution is 2.45. The van der Waals surface area contributed by atoms with E-state index in [1.807, 2.05) is 6.92 Å². The summed E-state index contributed by atoms with van der Waals surface area (Å²) in [7, 11) is -3.99. The van der Waals surface area contributed by atoms with E-state index < -0.39 is 28.1 Å². The topological polar surface area (TPSA) is 74.7 Å². The maximum absolute atomic E-state index is 13.9. The number of aryl methyl sites for hydroxylation is 1. The predicted octanol–water partition coefficient (Wildman–Crippen LogP) is 6.01. The third kappa shape index (κ3) is 4.46. The summed E-state index contributed by atoms with van der Waals surface area (Å²) >= 11 is 12.3. The van der Waals surface area contributed by atoms with Crippen molar-refractivity contribution in [2.24, 2.45) is 5.92 Å². The molecular weight excluding hydrogens is 469 g/mol. The Bertz CT molecular complexity index is 1160. The monoisotopic (exact) mass is 493 g/mol. The van der Waals surface area contributed by atoms with Gasteiger partial charge in [0.15, 0.2) is 0 Å². The number of rotatable bonds is 6. The normalized spacial score (nSPS) is 22.3. The summed E-state index contributed by atoms with van der Waals surface area (Å²) in [5.74, 6) is -0.770. The van der Waals surface area contributed by atoms with E-state index in [0.29, 0.717) is 22.9 Å². The van der Waals surface area contributed by atoms with Gasteiger partial charge in [0.05, 0.1) is 26.6 Å². The quantitative estimate of drug-likeness (QED) is 0.534. The zero-order valence-corrected chi connectivity index (χ0v) is 20.0. The van der Waals surface area contributed by atoms with Gasteiger partial charge >= 0.3 is 5.97 Å². The molecule has 1 N–H and O–H groups in total. The highest BCUT2D eigenvalue weighted by atomic mass is 35.5. The van der Waals surface area contributed by atoms with Gasteiger partial charge in [-0.25, -0.2) is 13.2 Å². The molecule has 0 spiro atoms. The van der Waals surface area contributed by atoms with E-state index in [4.69, 9.17) is 23.2 Å². The summed E-state index contributed by atoms with van der Waals surface area (Å²) in [6, 6.07) is 9.87. The summed E-state index contributed by atoms with van der Waals surface area (Å²) in [6.45, 7) is 1.89. The van der Waals surface area contributed by atoms with Gasteiger partial charge in [0.1, 0.15) is 0 Å². The van der Waals surface area contributed by atoms with Gasteiger partial charge < -0.3 is 5.11 Å². The van der Waals surface area contributed by atoms with Crippen molar-refractivity contribution < 1.29 is 18.3 Å². The van der Waals surface area contributed by atoms with Crippen LogP contribution in [0.2, 0.25) is 10.0 Å². The highest BCUT2D eigenvalue weighted by molar-refractivity contribution is 7.89. The van der Waals surface area contributed by atoms with Crippen molar-refractivity contribution in [1.29, 1.82) is 0 Å². The van der Waals surface area contributed by atoms with Crippen molar-refractivity contribution in [2.75, 3.05) is 0 Å². The minimum absolute atomic E-state index is 0.0436. The first-order chi connectivity index (χ1) is 15.2. The van der Waals surface area contributed by atoms with Gasteiger partial charge in [-0.15, -0.1) is 0 Å². The van der Waals surface area contributed by atoms with Crippen LogP contribution < -0.4 is 0 Å². The molecule has 0 bridgehead atoms. The summed E-state index contributed by atoms with van der Waals surface area (Å²) in [4.78, 5) is 12.4. The number of hydrogen-bond acceptors (Lipinski definition) is 3. The lowest BCUT2D eigenvalue weighted by atomic mass is 9.98. The molecule has 1 heterocycles. The summed E-state index contributed by atoms with van der Waals surface area (Å²) in [5, 5.41) is 10.6. The number of carbonyl (C=O) groups is 1. The number of sulfonamides is 1. The molecule has 0 radical (unpaired) electrons. The van der Waals surface area contributed by atoms with Crippen molar-refractivity contribution in [3.8, 4) is 0 Å². The van der Waals surface area contributed by atoms with Crippen molar-refractivity contribution >= 4 is 39.2 Å². The molecule has 8 heteroatoms. The van der Waals surface area contributed by atoms with Crippen LogP contribution in [0.4, 0.5) is 0 Å². The van der Waals surface area contributed by atoms with Gasteiger partial charge in [0.25, 0.3) is 0 Å². The SMILES string of the molecule is Cc1ccc(S(=O)(=O)N2[C@@H](c3ccc(Cl)c(Cl)c3)C(C(=O)O)=C[C@H]2CC2CCCC2)cc1. The lowest BCUT2D eigenvalue weighted by Crippen LogP contribution is -2.39. The Balaban J connectivity index is 1.84. The summed E-state index contributed by atoms with van der Waals surface area (Å²) in [5.41, 5.74) is 1.47. The van der Waals surface area contributed by atoms with Crippen LogP contribution in [0.1, 0.15) is 49.3 Å². The van der Waals surface area contributed by atoms with Gasteiger partial charge in [-0.3, -0.25) is 0 Å². The lowest BCUT2D eigenvalue weighted by molar-refractivity contribution is -0.133. The van der Waals surface area contributed by atoms with Crippen LogP contribution in [-0.2, 0) is 14.8 Å². The van der Waals surface area contributed by atoms with E-state index in [2.05, 4.69) is 0 Å². The standard InChI is InChI=1S/C24H25Cl2NO4S/c1-15-6-9-19(10-7-15)32(30,31)27-18(12-16-4-2-3-5-16)14-20(24(28)29)23(27)17-8-11-21(25)22(26)13-17/h6-11,13-14,16,18,23H,2-5,12H2,1H3,(H,28,29)/t18-,23+/m1/s1. The van der Waals surface area contributed by atoms with Crippen molar-refractivity contribution in [3.63, 3.8) is 0 Å². The Morgan fingerprint density at radius 3 is 2.31 bits per heavy atom. The van der Waals surface area contributed by atoms with Crippen LogP contribution in [0, 0.1) is 12.8 Å². The minimum atomic E-state index is -3.99. The number of halogens is 2. The Labute approximate surface area is 198 Å². The second kappa shape index (κ2) is 9.18. The number of carboxylic acid groups (broad SMARTS) is 1. The number of carboxylic acids is 1. The molecule has 2 atom stereocenters. The molecule has 32 heavy (non-hydrogen) atoms. The molecule has 1 aliphatic heterocycles. The second-order valence-electron chi connectivity index (χ2n) is 8.60. The zero-order valence-electron chi connectivity index (χ0n) is 17.7. The van der Waals surface area contributed by atoms with Crippen molar-refractivity contribution in [2.45, 2.75) is 56.0 Å². The number of hydrogen-bond donors (Lipinski definition) is 1. The first-order valence-corrected chi connectivity index (χ1v) is 12.9. The molecular formula is C24H25Cl2NO4S. The summed E-state index contributed by atoms with van der Waals surface area (Å²) < 4.78 is 29.1. The molecule has 2 aliphatic rings. The van der Waals surface area contributed by atoms with Crippen LogP contribution in [0.5, 0.6) is 0 Å². The Morgan fingerprint density at radius 2 is 1.72 bits per heavy atom. The molecule has 2 aromatic rings.